The van der Waals surface area contributed by atoms with Crippen molar-refractivity contribution in [2.75, 3.05) is 0 Å². The van der Waals surface area contributed by atoms with Crippen molar-refractivity contribution < 1.29 is 32.6 Å². The van der Waals surface area contributed by atoms with Crippen LogP contribution in [0.5, 0.6) is 5.75 Å². The molecule has 0 heterocycles. The molecule has 0 fully saturated rings. The average molecular weight is 288 g/mol. The molecule has 0 atom stereocenters. The summed E-state index contributed by atoms with van der Waals surface area (Å²) >= 11 is 0. The third-order valence-electron chi connectivity index (χ3n) is 1.96. The van der Waals surface area contributed by atoms with Crippen LogP contribution in [0.3, 0.4) is 0 Å². The molecule has 0 aliphatic rings. The second-order valence-electron chi connectivity index (χ2n) is 3.64. The summed E-state index contributed by atoms with van der Waals surface area (Å²) in [6, 6.07) is 4.43. The van der Waals surface area contributed by atoms with Gasteiger partial charge in [0, 0.05) is 6.92 Å². The first-order chi connectivity index (χ1) is 9.17. The van der Waals surface area contributed by atoms with Gasteiger partial charge in [-0.1, -0.05) is 12.1 Å². The van der Waals surface area contributed by atoms with Crippen molar-refractivity contribution >= 4 is 18.0 Å². The Morgan fingerprint density at radius 1 is 1.25 bits per heavy atom. The van der Waals surface area contributed by atoms with E-state index in [2.05, 4.69) is 4.74 Å². The van der Waals surface area contributed by atoms with Gasteiger partial charge >= 0.3 is 6.36 Å². The van der Waals surface area contributed by atoms with E-state index in [1.165, 1.54) is 12.1 Å². The third-order valence-corrected chi connectivity index (χ3v) is 1.96. The SMILES string of the molecule is CC(=O)N/C(=C\c1ccc(OC(F)(F)F)cc1)C(=O)[O-]. The van der Waals surface area contributed by atoms with Crippen LogP contribution < -0.4 is 15.2 Å². The number of amides is 1. The summed E-state index contributed by atoms with van der Waals surface area (Å²) < 4.78 is 39.5. The lowest BCUT2D eigenvalue weighted by Gasteiger charge is -2.10. The van der Waals surface area contributed by atoms with Crippen molar-refractivity contribution in [2.45, 2.75) is 13.3 Å². The van der Waals surface area contributed by atoms with Crippen LogP contribution in [0, 0.1) is 0 Å². The number of aliphatic carboxylic acids is 1. The summed E-state index contributed by atoms with van der Waals surface area (Å²) in [6.45, 7) is 1.11. The Morgan fingerprint density at radius 3 is 2.20 bits per heavy atom. The van der Waals surface area contributed by atoms with Gasteiger partial charge in [-0.05, 0) is 23.8 Å². The first-order valence-corrected chi connectivity index (χ1v) is 5.24. The number of alkyl halides is 3. The van der Waals surface area contributed by atoms with E-state index in [0.29, 0.717) is 0 Å². The van der Waals surface area contributed by atoms with Gasteiger partial charge in [0.25, 0.3) is 0 Å². The van der Waals surface area contributed by atoms with E-state index in [4.69, 9.17) is 0 Å². The number of ether oxygens (including phenoxy) is 1. The minimum absolute atomic E-state index is 0.257. The molecule has 0 spiro atoms. The number of halogens is 3. The minimum Gasteiger partial charge on any atom is -0.543 e. The molecule has 0 aliphatic carbocycles. The van der Waals surface area contributed by atoms with Gasteiger partial charge in [0.15, 0.2) is 0 Å². The van der Waals surface area contributed by atoms with E-state index in [1.54, 1.807) is 0 Å². The predicted molar refractivity (Wildman–Crippen MR) is 59.9 cm³/mol. The smallest absolute Gasteiger partial charge is 0.543 e. The zero-order valence-electron chi connectivity index (χ0n) is 10.2. The van der Waals surface area contributed by atoms with Crippen LogP contribution in [0.2, 0.25) is 0 Å². The highest BCUT2D eigenvalue weighted by molar-refractivity contribution is 5.95. The fraction of sp³-hybridized carbons (Fsp3) is 0.167. The van der Waals surface area contributed by atoms with Crippen LogP contribution in [-0.2, 0) is 9.59 Å². The Labute approximate surface area is 111 Å². The molecule has 0 aliphatic heterocycles. The quantitative estimate of drug-likeness (QED) is 0.832. The fourth-order valence-corrected chi connectivity index (χ4v) is 1.27. The zero-order valence-corrected chi connectivity index (χ0v) is 10.2. The van der Waals surface area contributed by atoms with E-state index in [9.17, 15) is 27.9 Å². The summed E-state index contributed by atoms with van der Waals surface area (Å²) in [5.41, 5.74) is -0.241. The molecule has 108 valence electrons. The van der Waals surface area contributed by atoms with Crippen LogP contribution >= 0.6 is 0 Å². The lowest BCUT2D eigenvalue weighted by Crippen LogP contribution is -2.34. The van der Waals surface area contributed by atoms with Gasteiger partial charge in [-0.25, -0.2) is 0 Å². The summed E-state index contributed by atoms with van der Waals surface area (Å²) in [7, 11) is 0. The van der Waals surface area contributed by atoms with E-state index >= 15 is 0 Å². The van der Waals surface area contributed by atoms with Crippen LogP contribution in [0.25, 0.3) is 6.08 Å². The van der Waals surface area contributed by atoms with Crippen molar-refractivity contribution in [3.8, 4) is 5.75 Å². The molecule has 5 nitrogen and oxygen atoms in total. The largest absolute Gasteiger partial charge is 0.573 e. The van der Waals surface area contributed by atoms with Gasteiger partial charge in [-0.2, -0.15) is 0 Å². The van der Waals surface area contributed by atoms with E-state index in [1.807, 2.05) is 5.32 Å². The number of nitrogens with one attached hydrogen (secondary N) is 1. The van der Waals surface area contributed by atoms with Crippen molar-refractivity contribution in [3.63, 3.8) is 0 Å². The summed E-state index contributed by atoms with van der Waals surface area (Å²) in [5.74, 6) is -2.67. The second kappa shape index (κ2) is 6.09. The molecule has 0 radical (unpaired) electrons. The molecule has 1 amide bonds. The fourth-order valence-electron chi connectivity index (χ4n) is 1.27. The molecule has 0 bridgehead atoms. The van der Waals surface area contributed by atoms with Gasteiger partial charge in [0.2, 0.25) is 5.91 Å². The van der Waals surface area contributed by atoms with Crippen LogP contribution in [0.1, 0.15) is 12.5 Å². The molecule has 0 saturated carbocycles. The van der Waals surface area contributed by atoms with Crippen molar-refractivity contribution in [1.29, 1.82) is 0 Å². The number of benzene rings is 1. The van der Waals surface area contributed by atoms with E-state index in [0.717, 1.165) is 25.1 Å². The number of carboxylic acid groups (broad SMARTS) is 1. The Hall–Kier alpha value is -2.51. The highest BCUT2D eigenvalue weighted by Gasteiger charge is 2.30. The molecule has 1 rings (SSSR count). The van der Waals surface area contributed by atoms with E-state index < -0.39 is 29.7 Å². The standard InChI is InChI=1S/C12H10F3NO4/c1-7(17)16-10(11(18)19)6-8-2-4-9(5-3-8)20-12(13,14)15/h2-6H,1H3,(H,16,17)(H,18,19)/p-1/b10-6-. The number of carbonyl (C=O) groups is 2. The van der Waals surface area contributed by atoms with Crippen molar-refractivity contribution in [1.82, 2.24) is 5.32 Å². The molecule has 1 aromatic carbocycles. The number of carboxylic acids is 1. The van der Waals surface area contributed by atoms with Gasteiger partial charge in [0.1, 0.15) is 5.75 Å². The normalized spacial score (nSPS) is 11.9. The molecule has 8 heteroatoms. The molecule has 0 aromatic heterocycles. The summed E-state index contributed by atoms with van der Waals surface area (Å²) in [6.07, 6.45) is -3.75. The molecule has 1 aromatic rings. The zero-order chi connectivity index (χ0) is 15.3. The summed E-state index contributed by atoms with van der Waals surface area (Å²) in [5, 5.41) is 12.8. The van der Waals surface area contributed by atoms with Gasteiger partial charge in [-0.3, -0.25) is 4.79 Å². The average Bonchev–Trinajstić information content (AvgIpc) is 2.28. The number of hydrogen-bond acceptors (Lipinski definition) is 4. The maximum atomic E-state index is 11.9. The topological polar surface area (TPSA) is 78.5 Å². The molecule has 20 heavy (non-hydrogen) atoms. The minimum atomic E-state index is -4.80. The number of hydrogen-bond donors (Lipinski definition) is 1. The Bertz CT molecular complexity index is 535. The third kappa shape index (κ3) is 5.42. The van der Waals surface area contributed by atoms with Crippen molar-refractivity contribution in [3.05, 3.63) is 35.5 Å². The lowest BCUT2D eigenvalue weighted by molar-refractivity contribution is -0.299. The first-order valence-electron chi connectivity index (χ1n) is 5.24. The summed E-state index contributed by atoms with van der Waals surface area (Å²) in [4.78, 5) is 21.5. The molecule has 1 N–H and O–H groups in total. The highest BCUT2D eigenvalue weighted by Crippen LogP contribution is 2.23. The molecule has 0 unspecified atom stereocenters. The maximum absolute atomic E-state index is 11.9. The van der Waals surface area contributed by atoms with E-state index in [-0.39, 0.29) is 5.56 Å². The Balaban J connectivity index is 2.91. The predicted octanol–water partition coefficient (Wildman–Crippen LogP) is 0.812. The van der Waals surface area contributed by atoms with Crippen LogP contribution in [-0.4, -0.2) is 18.2 Å². The monoisotopic (exact) mass is 288 g/mol. The lowest BCUT2D eigenvalue weighted by atomic mass is 10.2. The maximum Gasteiger partial charge on any atom is 0.573 e. The molecular weight excluding hydrogens is 279 g/mol. The van der Waals surface area contributed by atoms with Crippen LogP contribution in [0.4, 0.5) is 13.2 Å². The first kappa shape index (κ1) is 15.5. The van der Waals surface area contributed by atoms with Gasteiger partial charge in [0.05, 0.1) is 11.7 Å². The number of rotatable bonds is 4. The second-order valence-corrected chi connectivity index (χ2v) is 3.64. The molecular formula is C12H9F3NO4-. The Morgan fingerprint density at radius 2 is 1.80 bits per heavy atom. The van der Waals surface area contributed by atoms with Crippen LogP contribution in [0.15, 0.2) is 30.0 Å². The van der Waals surface area contributed by atoms with Gasteiger partial charge in [-0.15, -0.1) is 13.2 Å². The Kier molecular flexibility index (Phi) is 4.73. The van der Waals surface area contributed by atoms with Gasteiger partial charge < -0.3 is 20.0 Å². The highest BCUT2D eigenvalue weighted by atomic mass is 19.4. The molecule has 0 saturated heterocycles. The van der Waals surface area contributed by atoms with Crippen molar-refractivity contribution in [2.24, 2.45) is 0 Å². The number of carbonyl (C=O) groups excluding carboxylic acids is 2.